The molecule has 2 rings (SSSR count). The van der Waals surface area contributed by atoms with Crippen molar-refractivity contribution in [1.29, 1.82) is 0 Å². The highest BCUT2D eigenvalue weighted by atomic mass is 32.2. The number of hydrogen-bond donors (Lipinski definition) is 1. The second-order valence-corrected chi connectivity index (χ2v) is 6.59. The molecule has 0 radical (unpaired) electrons. The normalized spacial score (nSPS) is 10.7. The van der Waals surface area contributed by atoms with Gasteiger partial charge in [0.1, 0.15) is 0 Å². The van der Waals surface area contributed by atoms with E-state index in [4.69, 9.17) is 5.11 Å². The predicted molar refractivity (Wildman–Crippen MR) is 79.8 cm³/mol. The summed E-state index contributed by atoms with van der Waals surface area (Å²) < 4.78 is 1.81. The van der Waals surface area contributed by atoms with E-state index >= 15 is 0 Å². The van der Waals surface area contributed by atoms with Crippen molar-refractivity contribution in [1.82, 2.24) is 9.55 Å². The van der Waals surface area contributed by atoms with Gasteiger partial charge in [-0.1, -0.05) is 11.8 Å². The average molecular weight is 310 g/mol. The van der Waals surface area contributed by atoms with Crippen LogP contribution in [0.1, 0.15) is 15.3 Å². The molecule has 0 aliphatic carbocycles. The Balaban J connectivity index is 2.25. The summed E-state index contributed by atoms with van der Waals surface area (Å²) in [7, 11) is 0. The van der Waals surface area contributed by atoms with Crippen LogP contribution in [-0.4, -0.2) is 26.4 Å². The summed E-state index contributed by atoms with van der Waals surface area (Å²) in [5.74, 6) is -1.04. The number of aromatic nitrogens is 2. The number of nitrogens with zero attached hydrogens (tertiary/aromatic N) is 2. The molecule has 1 N–H and O–H groups in total. The van der Waals surface area contributed by atoms with Crippen LogP contribution in [0.5, 0.6) is 0 Å². The van der Waals surface area contributed by atoms with Crippen molar-refractivity contribution in [3.05, 3.63) is 44.0 Å². The summed E-state index contributed by atoms with van der Waals surface area (Å²) in [4.78, 5) is 28.3. The Morgan fingerprint density at radius 1 is 1.50 bits per heavy atom. The standard InChI is InChI=1S/C13H14N2O3S2/c1-8-5-10(20-9(8)2)6-15-4-3-11(16)14-13(15)19-7-12(17)18/h3-5H,6-7H2,1-2H3,(H,17,18). The van der Waals surface area contributed by atoms with Crippen molar-refractivity contribution in [2.24, 2.45) is 0 Å². The number of carboxylic acids is 1. The minimum absolute atomic E-state index is 0.112. The van der Waals surface area contributed by atoms with E-state index in [1.54, 1.807) is 22.1 Å². The summed E-state index contributed by atoms with van der Waals surface area (Å²) in [6.07, 6.45) is 1.66. The monoisotopic (exact) mass is 310 g/mol. The zero-order valence-corrected chi connectivity index (χ0v) is 12.8. The minimum Gasteiger partial charge on any atom is -0.481 e. The van der Waals surface area contributed by atoms with Gasteiger partial charge in [-0.3, -0.25) is 9.59 Å². The first-order valence-corrected chi connectivity index (χ1v) is 7.74. The Labute approximate surface area is 124 Å². The largest absolute Gasteiger partial charge is 0.481 e. The molecule has 0 unspecified atom stereocenters. The molecule has 5 nitrogen and oxygen atoms in total. The highest BCUT2D eigenvalue weighted by molar-refractivity contribution is 7.99. The van der Waals surface area contributed by atoms with Gasteiger partial charge < -0.3 is 9.67 Å². The van der Waals surface area contributed by atoms with Crippen molar-refractivity contribution >= 4 is 29.1 Å². The number of aliphatic carboxylic acids is 1. The Kier molecular flexibility index (Phi) is 4.61. The molecule has 0 saturated carbocycles. The average Bonchev–Trinajstić information content (AvgIpc) is 2.68. The van der Waals surface area contributed by atoms with E-state index in [2.05, 4.69) is 24.9 Å². The van der Waals surface area contributed by atoms with Crippen LogP contribution in [0.4, 0.5) is 0 Å². The smallest absolute Gasteiger partial charge is 0.313 e. The van der Waals surface area contributed by atoms with E-state index < -0.39 is 5.97 Å². The van der Waals surface area contributed by atoms with Crippen LogP contribution in [0.15, 0.2) is 28.3 Å². The van der Waals surface area contributed by atoms with Gasteiger partial charge in [0.2, 0.25) is 0 Å². The maximum atomic E-state index is 11.3. The molecule has 0 bridgehead atoms. The van der Waals surface area contributed by atoms with Gasteiger partial charge >= 0.3 is 5.97 Å². The van der Waals surface area contributed by atoms with Crippen molar-refractivity contribution < 1.29 is 9.90 Å². The van der Waals surface area contributed by atoms with Gasteiger partial charge in [0.05, 0.1) is 12.3 Å². The lowest BCUT2D eigenvalue weighted by Crippen LogP contribution is -2.14. The Bertz CT molecular complexity index is 672. The van der Waals surface area contributed by atoms with E-state index in [0.29, 0.717) is 11.7 Å². The molecule has 106 valence electrons. The van der Waals surface area contributed by atoms with Crippen LogP contribution < -0.4 is 5.56 Å². The second-order valence-electron chi connectivity index (χ2n) is 4.31. The van der Waals surface area contributed by atoms with E-state index in [0.717, 1.165) is 16.6 Å². The summed E-state index contributed by atoms with van der Waals surface area (Å²) in [5, 5.41) is 9.16. The summed E-state index contributed by atoms with van der Waals surface area (Å²) >= 11 is 2.75. The molecule has 0 fully saturated rings. The van der Waals surface area contributed by atoms with Crippen LogP contribution in [0.2, 0.25) is 0 Å². The lowest BCUT2D eigenvalue weighted by Gasteiger charge is -2.09. The molecule has 2 heterocycles. The summed E-state index contributed by atoms with van der Waals surface area (Å²) in [6.45, 7) is 4.71. The number of hydrogen-bond acceptors (Lipinski definition) is 5. The third kappa shape index (κ3) is 3.71. The molecule has 0 saturated heterocycles. The van der Waals surface area contributed by atoms with Gasteiger partial charge in [-0.15, -0.1) is 11.3 Å². The second kappa shape index (κ2) is 6.23. The molecular weight excluding hydrogens is 296 g/mol. The van der Waals surface area contributed by atoms with Gasteiger partial charge in [-0.25, -0.2) is 0 Å². The fraction of sp³-hybridized carbons (Fsp3) is 0.308. The molecule has 0 aliphatic rings. The van der Waals surface area contributed by atoms with E-state index in [-0.39, 0.29) is 11.3 Å². The van der Waals surface area contributed by atoms with Crippen molar-refractivity contribution in [3.63, 3.8) is 0 Å². The molecule has 0 spiro atoms. The Hall–Kier alpha value is -1.60. The van der Waals surface area contributed by atoms with E-state index in [9.17, 15) is 9.59 Å². The molecule has 2 aromatic heterocycles. The number of thiophene rings is 1. The van der Waals surface area contributed by atoms with Gasteiger partial charge in [0, 0.05) is 22.0 Å². The zero-order valence-electron chi connectivity index (χ0n) is 11.1. The number of carbonyl (C=O) groups is 1. The summed E-state index contributed by atoms with van der Waals surface area (Å²) in [5.41, 5.74) is 0.881. The Morgan fingerprint density at radius 3 is 2.85 bits per heavy atom. The number of thioether (sulfide) groups is 1. The quantitative estimate of drug-likeness (QED) is 0.677. The van der Waals surface area contributed by atoms with Gasteiger partial charge in [0.25, 0.3) is 5.56 Å². The molecule has 0 amide bonds. The SMILES string of the molecule is Cc1cc(Cn2ccc(=O)nc2SCC(=O)O)sc1C. The molecule has 0 atom stereocenters. The van der Waals surface area contributed by atoms with Crippen molar-refractivity contribution in [2.45, 2.75) is 25.5 Å². The lowest BCUT2D eigenvalue weighted by atomic mass is 10.3. The first-order valence-electron chi connectivity index (χ1n) is 5.93. The van der Waals surface area contributed by atoms with E-state index in [1.165, 1.54) is 16.5 Å². The summed E-state index contributed by atoms with van der Waals surface area (Å²) in [6, 6.07) is 3.49. The zero-order chi connectivity index (χ0) is 14.7. The predicted octanol–water partition coefficient (Wildman–Crippen LogP) is 2.15. The Morgan fingerprint density at radius 2 is 2.25 bits per heavy atom. The highest BCUT2D eigenvalue weighted by Crippen LogP contribution is 2.23. The molecule has 2 aromatic rings. The fourth-order valence-electron chi connectivity index (χ4n) is 1.67. The molecule has 0 aliphatic heterocycles. The fourth-order valence-corrected chi connectivity index (χ4v) is 3.42. The van der Waals surface area contributed by atoms with Crippen molar-refractivity contribution in [2.75, 3.05) is 5.75 Å². The van der Waals surface area contributed by atoms with Crippen LogP contribution >= 0.6 is 23.1 Å². The highest BCUT2D eigenvalue weighted by Gasteiger charge is 2.09. The first-order chi connectivity index (χ1) is 9.45. The van der Waals surface area contributed by atoms with Crippen LogP contribution in [-0.2, 0) is 11.3 Å². The third-order valence-corrected chi connectivity index (χ3v) is 4.83. The van der Waals surface area contributed by atoms with Gasteiger partial charge in [-0.2, -0.15) is 4.98 Å². The van der Waals surface area contributed by atoms with E-state index in [1.807, 2.05) is 0 Å². The maximum absolute atomic E-state index is 11.3. The minimum atomic E-state index is -0.928. The van der Waals surface area contributed by atoms with Gasteiger partial charge in [-0.05, 0) is 25.5 Å². The van der Waals surface area contributed by atoms with Crippen LogP contribution in [0.25, 0.3) is 0 Å². The lowest BCUT2D eigenvalue weighted by molar-refractivity contribution is -0.133. The molecular formula is C13H14N2O3S2. The molecule has 0 aromatic carbocycles. The third-order valence-electron chi connectivity index (χ3n) is 2.72. The van der Waals surface area contributed by atoms with Crippen LogP contribution in [0.3, 0.4) is 0 Å². The number of aryl methyl sites for hydroxylation is 2. The topological polar surface area (TPSA) is 72.2 Å². The molecule has 7 heteroatoms. The first kappa shape index (κ1) is 14.8. The number of carboxylic acid groups (broad SMARTS) is 1. The maximum Gasteiger partial charge on any atom is 0.313 e. The van der Waals surface area contributed by atoms with Crippen LogP contribution in [0, 0.1) is 13.8 Å². The van der Waals surface area contributed by atoms with Gasteiger partial charge in [0.15, 0.2) is 5.16 Å². The van der Waals surface area contributed by atoms with Crippen molar-refractivity contribution in [3.8, 4) is 0 Å². The molecule has 20 heavy (non-hydrogen) atoms. The number of rotatable bonds is 5.